The third-order valence-corrected chi connectivity index (χ3v) is 4.48. The highest BCUT2D eigenvalue weighted by Gasteiger charge is 2.39. The number of fused-ring (bicyclic) bond motifs is 1. The fraction of sp³-hybridized carbons (Fsp3) is 0.533. The molecule has 2 aromatic heterocycles. The number of nitrogens with one attached hydrogen (secondary N) is 1. The van der Waals surface area contributed by atoms with E-state index in [-0.39, 0.29) is 12.1 Å². The molecule has 7 nitrogen and oxygen atoms in total. The summed E-state index contributed by atoms with van der Waals surface area (Å²) in [6.45, 7) is 4.29. The Labute approximate surface area is 127 Å². The van der Waals surface area contributed by atoms with Gasteiger partial charge in [-0.2, -0.15) is 10.2 Å². The number of aromatic amines is 1. The molecular formula is C15H18N4O3. The Morgan fingerprint density at radius 2 is 2.32 bits per heavy atom. The summed E-state index contributed by atoms with van der Waals surface area (Å²) >= 11 is 0. The minimum Gasteiger partial charge on any atom is -0.457 e. The van der Waals surface area contributed by atoms with Crippen molar-refractivity contribution in [2.24, 2.45) is 0 Å². The Bertz CT molecular complexity index is 698. The van der Waals surface area contributed by atoms with E-state index < -0.39 is 5.60 Å². The summed E-state index contributed by atoms with van der Waals surface area (Å²) in [5.74, 6) is -0.372. The van der Waals surface area contributed by atoms with Gasteiger partial charge in [-0.05, 0) is 19.9 Å². The van der Waals surface area contributed by atoms with Crippen LogP contribution in [0.2, 0.25) is 0 Å². The van der Waals surface area contributed by atoms with Crippen LogP contribution in [0, 0.1) is 0 Å². The van der Waals surface area contributed by atoms with Crippen LogP contribution in [-0.4, -0.2) is 32.1 Å². The summed E-state index contributed by atoms with van der Waals surface area (Å²) in [6.07, 6.45) is 5.21. The topological polar surface area (TPSA) is 82.0 Å². The van der Waals surface area contributed by atoms with Crippen LogP contribution in [0.15, 0.2) is 18.5 Å². The van der Waals surface area contributed by atoms with E-state index in [2.05, 4.69) is 15.3 Å². The summed E-state index contributed by atoms with van der Waals surface area (Å²) in [6, 6.07) is 2.22. The maximum atomic E-state index is 12.3. The van der Waals surface area contributed by atoms with Crippen LogP contribution in [-0.2, 0) is 21.7 Å². The van der Waals surface area contributed by atoms with E-state index in [9.17, 15) is 4.79 Å². The number of carbonyl (C=O) groups is 1. The van der Waals surface area contributed by atoms with Crippen LogP contribution in [0.4, 0.5) is 0 Å². The van der Waals surface area contributed by atoms with Crippen LogP contribution in [0.5, 0.6) is 0 Å². The Kier molecular flexibility index (Phi) is 2.87. The zero-order chi connectivity index (χ0) is 15.3. The predicted octanol–water partition coefficient (Wildman–Crippen LogP) is 1.93. The van der Waals surface area contributed by atoms with Gasteiger partial charge in [0.1, 0.15) is 11.7 Å². The molecule has 1 aliphatic heterocycles. The molecule has 2 aromatic rings. The van der Waals surface area contributed by atoms with Gasteiger partial charge < -0.3 is 9.47 Å². The van der Waals surface area contributed by atoms with Gasteiger partial charge in [-0.1, -0.05) is 0 Å². The molecule has 0 amide bonds. The Morgan fingerprint density at radius 3 is 3.05 bits per heavy atom. The normalized spacial score (nSPS) is 25.5. The molecule has 2 aliphatic rings. The molecule has 1 fully saturated rings. The fourth-order valence-electron chi connectivity index (χ4n) is 3.05. The average Bonchev–Trinajstić information content (AvgIpc) is 3.12. The highest BCUT2D eigenvalue weighted by Crippen LogP contribution is 2.37. The number of aromatic nitrogens is 4. The molecule has 0 bridgehead atoms. The maximum Gasteiger partial charge on any atom is 0.359 e. The van der Waals surface area contributed by atoms with Crippen molar-refractivity contribution in [1.82, 2.24) is 20.0 Å². The predicted molar refractivity (Wildman–Crippen MR) is 76.1 cm³/mol. The van der Waals surface area contributed by atoms with E-state index in [4.69, 9.17) is 9.47 Å². The quantitative estimate of drug-likeness (QED) is 0.876. The minimum atomic E-state index is -0.428. The van der Waals surface area contributed by atoms with Crippen LogP contribution < -0.4 is 0 Å². The highest BCUT2D eigenvalue weighted by atomic mass is 16.5. The highest BCUT2D eigenvalue weighted by molar-refractivity contribution is 5.89. The van der Waals surface area contributed by atoms with Crippen molar-refractivity contribution in [3.63, 3.8) is 0 Å². The zero-order valence-electron chi connectivity index (χ0n) is 12.6. The Balaban J connectivity index is 1.40. The summed E-state index contributed by atoms with van der Waals surface area (Å²) in [4.78, 5) is 12.3. The van der Waals surface area contributed by atoms with Crippen molar-refractivity contribution >= 4 is 5.97 Å². The second kappa shape index (κ2) is 4.67. The number of nitrogens with zero attached hydrogens (tertiary/aromatic N) is 3. The van der Waals surface area contributed by atoms with Crippen molar-refractivity contribution in [3.8, 4) is 0 Å². The van der Waals surface area contributed by atoms with Gasteiger partial charge in [0.25, 0.3) is 0 Å². The molecule has 3 heterocycles. The molecule has 0 atom stereocenters. The van der Waals surface area contributed by atoms with Crippen molar-refractivity contribution in [1.29, 1.82) is 0 Å². The van der Waals surface area contributed by atoms with Gasteiger partial charge in [0.05, 0.1) is 18.3 Å². The molecule has 1 saturated carbocycles. The monoisotopic (exact) mass is 302 g/mol. The summed E-state index contributed by atoms with van der Waals surface area (Å²) in [5.41, 5.74) is 1.60. The summed E-state index contributed by atoms with van der Waals surface area (Å²) in [5, 5.41) is 11.2. The first-order valence-corrected chi connectivity index (χ1v) is 7.46. The standard InChI is InChI=1S/C15H18N4O3/c1-15(2)13-11(8-21-15)12(17-18-13)14(20)22-10-6-9(7-10)19-5-3-4-16-19/h3-5,9-10H,6-8H2,1-2H3,(H,17,18). The molecule has 0 radical (unpaired) electrons. The lowest BCUT2D eigenvalue weighted by Gasteiger charge is -2.34. The number of rotatable bonds is 3. The molecule has 0 spiro atoms. The minimum absolute atomic E-state index is 0.0654. The molecule has 0 unspecified atom stereocenters. The molecule has 7 heteroatoms. The van der Waals surface area contributed by atoms with E-state index >= 15 is 0 Å². The van der Waals surface area contributed by atoms with Crippen molar-refractivity contribution in [2.45, 2.75) is 51.0 Å². The van der Waals surface area contributed by atoms with E-state index in [1.54, 1.807) is 6.20 Å². The number of carbonyl (C=O) groups excluding carboxylic acids is 1. The molecule has 0 aromatic carbocycles. The van der Waals surface area contributed by atoms with Crippen molar-refractivity contribution in [3.05, 3.63) is 35.4 Å². The lowest BCUT2D eigenvalue weighted by molar-refractivity contribution is -0.0158. The Morgan fingerprint density at radius 1 is 1.50 bits per heavy atom. The van der Waals surface area contributed by atoms with Crippen molar-refractivity contribution < 1.29 is 14.3 Å². The van der Waals surface area contributed by atoms with Crippen LogP contribution >= 0.6 is 0 Å². The second-order valence-corrected chi connectivity index (χ2v) is 6.36. The molecule has 116 valence electrons. The summed E-state index contributed by atoms with van der Waals surface area (Å²) in [7, 11) is 0. The van der Waals surface area contributed by atoms with Gasteiger partial charge in [-0.3, -0.25) is 9.78 Å². The van der Waals surface area contributed by atoms with E-state index in [1.807, 2.05) is 30.8 Å². The van der Waals surface area contributed by atoms with Gasteiger partial charge in [0, 0.05) is 30.8 Å². The molecule has 4 rings (SSSR count). The second-order valence-electron chi connectivity index (χ2n) is 6.36. The van der Waals surface area contributed by atoms with Crippen molar-refractivity contribution in [2.75, 3.05) is 0 Å². The smallest absolute Gasteiger partial charge is 0.359 e. The first-order chi connectivity index (χ1) is 10.5. The lowest BCUT2D eigenvalue weighted by atomic mass is 9.89. The number of hydrogen-bond donors (Lipinski definition) is 1. The third kappa shape index (κ3) is 2.04. The van der Waals surface area contributed by atoms with Gasteiger partial charge >= 0.3 is 5.97 Å². The van der Waals surface area contributed by atoms with Gasteiger partial charge in [-0.15, -0.1) is 0 Å². The first kappa shape index (κ1) is 13.5. The molecule has 1 aliphatic carbocycles. The van der Waals surface area contributed by atoms with Crippen LogP contribution in [0.25, 0.3) is 0 Å². The van der Waals surface area contributed by atoms with E-state index in [0.29, 0.717) is 18.3 Å². The number of esters is 1. The van der Waals surface area contributed by atoms with Crippen LogP contribution in [0.3, 0.4) is 0 Å². The Hall–Kier alpha value is -2.15. The maximum absolute atomic E-state index is 12.3. The lowest BCUT2D eigenvalue weighted by Crippen LogP contribution is -2.35. The largest absolute Gasteiger partial charge is 0.457 e. The van der Waals surface area contributed by atoms with E-state index in [0.717, 1.165) is 24.1 Å². The first-order valence-electron chi connectivity index (χ1n) is 7.46. The molecule has 0 saturated heterocycles. The number of H-pyrrole nitrogens is 1. The number of ether oxygens (including phenoxy) is 2. The summed E-state index contributed by atoms with van der Waals surface area (Å²) < 4.78 is 13.1. The third-order valence-electron chi connectivity index (χ3n) is 4.48. The van der Waals surface area contributed by atoms with Gasteiger partial charge in [-0.25, -0.2) is 4.79 Å². The van der Waals surface area contributed by atoms with Gasteiger partial charge in [0.15, 0.2) is 5.69 Å². The molecule has 22 heavy (non-hydrogen) atoms. The fourth-order valence-corrected chi connectivity index (χ4v) is 3.05. The van der Waals surface area contributed by atoms with E-state index in [1.165, 1.54) is 0 Å². The molecular weight excluding hydrogens is 284 g/mol. The molecule has 1 N–H and O–H groups in total. The zero-order valence-corrected chi connectivity index (χ0v) is 12.6. The average molecular weight is 302 g/mol. The van der Waals surface area contributed by atoms with Crippen LogP contribution in [0.1, 0.15) is 54.5 Å². The number of hydrogen-bond acceptors (Lipinski definition) is 5. The van der Waals surface area contributed by atoms with Gasteiger partial charge in [0.2, 0.25) is 0 Å². The SMILES string of the molecule is CC1(C)OCc2c(C(=O)OC3CC(n4cccn4)C3)n[nH]c21.